The van der Waals surface area contributed by atoms with Crippen molar-refractivity contribution in [1.82, 2.24) is 0 Å². The van der Waals surface area contributed by atoms with Crippen molar-refractivity contribution in [3.05, 3.63) is 63.4 Å². The minimum atomic E-state index is -0.237. The highest BCUT2D eigenvalue weighted by molar-refractivity contribution is 9.10. The predicted molar refractivity (Wildman–Crippen MR) is 82.5 cm³/mol. The average molecular weight is 338 g/mol. The second-order valence-corrected chi connectivity index (χ2v) is 5.68. The molecule has 0 fully saturated rings. The van der Waals surface area contributed by atoms with Crippen LogP contribution in [0, 0.1) is 12.7 Å². The lowest BCUT2D eigenvalue weighted by Gasteiger charge is -2.17. The van der Waals surface area contributed by atoms with Crippen molar-refractivity contribution >= 4 is 15.9 Å². The molecule has 106 valence electrons. The maximum absolute atomic E-state index is 13.3. The van der Waals surface area contributed by atoms with Crippen molar-refractivity contribution in [3.8, 4) is 5.75 Å². The molecule has 0 aliphatic heterocycles. The Morgan fingerprint density at radius 3 is 2.70 bits per heavy atom. The molecule has 0 spiro atoms. The van der Waals surface area contributed by atoms with Crippen LogP contribution < -0.4 is 10.5 Å². The Labute approximate surface area is 126 Å². The third kappa shape index (κ3) is 3.38. The predicted octanol–water partition coefficient (Wildman–Crippen LogP) is 4.15. The van der Waals surface area contributed by atoms with Crippen LogP contribution in [0.3, 0.4) is 0 Å². The van der Waals surface area contributed by atoms with Crippen molar-refractivity contribution in [3.63, 3.8) is 0 Å². The summed E-state index contributed by atoms with van der Waals surface area (Å²) in [4.78, 5) is 0. The maximum Gasteiger partial charge on any atom is 0.124 e. The fraction of sp³-hybridized carbons (Fsp3) is 0.250. The van der Waals surface area contributed by atoms with Gasteiger partial charge >= 0.3 is 0 Å². The monoisotopic (exact) mass is 337 g/mol. The van der Waals surface area contributed by atoms with Crippen molar-refractivity contribution in [2.75, 3.05) is 7.11 Å². The van der Waals surface area contributed by atoms with Gasteiger partial charge in [-0.15, -0.1) is 0 Å². The molecule has 0 heterocycles. The van der Waals surface area contributed by atoms with E-state index in [0.717, 1.165) is 26.9 Å². The van der Waals surface area contributed by atoms with E-state index in [9.17, 15) is 4.39 Å². The van der Waals surface area contributed by atoms with E-state index in [0.29, 0.717) is 6.42 Å². The lowest BCUT2D eigenvalue weighted by molar-refractivity contribution is 0.405. The van der Waals surface area contributed by atoms with Gasteiger partial charge in [0.1, 0.15) is 11.6 Å². The van der Waals surface area contributed by atoms with E-state index < -0.39 is 0 Å². The third-order valence-corrected chi connectivity index (χ3v) is 3.84. The normalized spacial score (nSPS) is 12.2. The molecule has 20 heavy (non-hydrogen) atoms. The van der Waals surface area contributed by atoms with Crippen LogP contribution in [0.5, 0.6) is 5.75 Å². The Bertz CT molecular complexity index is 615. The van der Waals surface area contributed by atoms with Crippen molar-refractivity contribution in [1.29, 1.82) is 0 Å². The number of hydrogen-bond donors (Lipinski definition) is 1. The molecule has 2 aromatic rings. The van der Waals surface area contributed by atoms with Gasteiger partial charge in [0.25, 0.3) is 0 Å². The highest BCUT2D eigenvalue weighted by atomic mass is 79.9. The van der Waals surface area contributed by atoms with Crippen LogP contribution in [0.1, 0.15) is 22.7 Å². The van der Waals surface area contributed by atoms with Gasteiger partial charge in [-0.3, -0.25) is 0 Å². The van der Waals surface area contributed by atoms with E-state index in [1.807, 2.05) is 25.1 Å². The molecule has 1 unspecified atom stereocenters. The highest BCUT2D eigenvalue weighted by Crippen LogP contribution is 2.29. The molecule has 0 saturated carbocycles. The standard InChI is InChI=1S/C16H17BrFNO/c1-10-3-5-13(18)7-11(10)8-15(19)14-6-4-12(17)9-16(14)20-2/h3-7,9,15H,8,19H2,1-2H3. The summed E-state index contributed by atoms with van der Waals surface area (Å²) in [7, 11) is 1.62. The zero-order valence-electron chi connectivity index (χ0n) is 11.5. The van der Waals surface area contributed by atoms with Gasteiger partial charge in [-0.25, -0.2) is 4.39 Å². The average Bonchev–Trinajstić information content (AvgIpc) is 2.42. The van der Waals surface area contributed by atoms with Crippen molar-refractivity contribution < 1.29 is 9.13 Å². The van der Waals surface area contributed by atoms with E-state index in [2.05, 4.69) is 15.9 Å². The summed E-state index contributed by atoms with van der Waals surface area (Å²) < 4.78 is 19.6. The van der Waals surface area contributed by atoms with Crippen LogP contribution in [-0.2, 0) is 6.42 Å². The fourth-order valence-electron chi connectivity index (χ4n) is 2.20. The van der Waals surface area contributed by atoms with Crippen molar-refractivity contribution in [2.24, 2.45) is 5.73 Å². The SMILES string of the molecule is COc1cc(Br)ccc1C(N)Cc1cc(F)ccc1C. The molecule has 0 aliphatic carbocycles. The molecule has 2 aromatic carbocycles. The Morgan fingerprint density at radius 1 is 1.25 bits per heavy atom. The molecule has 4 heteroatoms. The number of hydrogen-bond acceptors (Lipinski definition) is 2. The summed E-state index contributed by atoms with van der Waals surface area (Å²) >= 11 is 3.40. The van der Waals surface area contributed by atoms with Gasteiger partial charge in [0.15, 0.2) is 0 Å². The first kappa shape index (κ1) is 15.0. The van der Waals surface area contributed by atoms with Gasteiger partial charge < -0.3 is 10.5 Å². The molecule has 2 rings (SSSR count). The molecular weight excluding hydrogens is 321 g/mol. The summed E-state index contributed by atoms with van der Waals surface area (Å²) in [6.07, 6.45) is 0.571. The van der Waals surface area contributed by atoms with Gasteiger partial charge in [-0.05, 0) is 48.7 Å². The Balaban J connectivity index is 2.28. The number of nitrogens with two attached hydrogens (primary N) is 1. The van der Waals surface area contributed by atoms with Gasteiger partial charge in [0, 0.05) is 16.1 Å². The van der Waals surface area contributed by atoms with Gasteiger partial charge in [-0.1, -0.05) is 28.1 Å². The molecule has 2 N–H and O–H groups in total. The lowest BCUT2D eigenvalue weighted by atomic mass is 9.96. The second kappa shape index (κ2) is 6.37. The molecule has 0 aliphatic rings. The molecule has 1 atom stereocenters. The van der Waals surface area contributed by atoms with Gasteiger partial charge in [0.05, 0.1) is 7.11 Å². The minimum absolute atomic E-state index is 0.236. The number of halogens is 2. The number of ether oxygens (including phenoxy) is 1. The molecule has 0 bridgehead atoms. The number of rotatable bonds is 4. The number of aryl methyl sites for hydroxylation is 1. The first-order valence-electron chi connectivity index (χ1n) is 6.35. The molecule has 2 nitrogen and oxygen atoms in total. The van der Waals surface area contributed by atoms with Crippen LogP contribution in [0.25, 0.3) is 0 Å². The highest BCUT2D eigenvalue weighted by Gasteiger charge is 2.14. The molecule has 0 saturated heterocycles. The van der Waals surface area contributed by atoms with E-state index in [1.165, 1.54) is 6.07 Å². The molecule has 0 radical (unpaired) electrons. The third-order valence-electron chi connectivity index (χ3n) is 3.35. The Morgan fingerprint density at radius 2 is 2.00 bits per heavy atom. The maximum atomic E-state index is 13.3. The van der Waals surface area contributed by atoms with E-state index in [4.69, 9.17) is 10.5 Å². The first-order valence-corrected chi connectivity index (χ1v) is 7.14. The van der Waals surface area contributed by atoms with E-state index in [1.54, 1.807) is 19.2 Å². The zero-order chi connectivity index (χ0) is 14.7. The first-order chi connectivity index (χ1) is 9.51. The number of methoxy groups -OCH3 is 1. The summed E-state index contributed by atoms with van der Waals surface area (Å²) in [5, 5.41) is 0. The van der Waals surface area contributed by atoms with Crippen LogP contribution in [-0.4, -0.2) is 7.11 Å². The Hall–Kier alpha value is -1.39. The van der Waals surface area contributed by atoms with Crippen LogP contribution in [0.2, 0.25) is 0 Å². The van der Waals surface area contributed by atoms with Gasteiger partial charge in [-0.2, -0.15) is 0 Å². The fourth-order valence-corrected chi connectivity index (χ4v) is 2.54. The zero-order valence-corrected chi connectivity index (χ0v) is 13.1. The lowest BCUT2D eigenvalue weighted by Crippen LogP contribution is -2.15. The summed E-state index contributed by atoms with van der Waals surface area (Å²) in [6, 6.07) is 10.3. The van der Waals surface area contributed by atoms with Crippen LogP contribution >= 0.6 is 15.9 Å². The Kier molecular flexibility index (Phi) is 4.78. The van der Waals surface area contributed by atoms with Crippen LogP contribution in [0.4, 0.5) is 4.39 Å². The molecule has 0 aromatic heterocycles. The van der Waals surface area contributed by atoms with Crippen molar-refractivity contribution in [2.45, 2.75) is 19.4 Å². The molecular formula is C16H17BrFNO. The summed E-state index contributed by atoms with van der Waals surface area (Å²) in [6.45, 7) is 1.96. The quantitative estimate of drug-likeness (QED) is 0.909. The summed E-state index contributed by atoms with van der Waals surface area (Å²) in [5.74, 6) is 0.501. The summed E-state index contributed by atoms with van der Waals surface area (Å²) in [5.41, 5.74) is 9.13. The smallest absolute Gasteiger partial charge is 0.124 e. The second-order valence-electron chi connectivity index (χ2n) is 4.77. The topological polar surface area (TPSA) is 35.2 Å². The molecule has 0 amide bonds. The number of benzene rings is 2. The minimum Gasteiger partial charge on any atom is -0.496 e. The van der Waals surface area contributed by atoms with Crippen LogP contribution in [0.15, 0.2) is 40.9 Å². The largest absolute Gasteiger partial charge is 0.496 e. The van der Waals surface area contributed by atoms with Gasteiger partial charge in [0.2, 0.25) is 0 Å². The van der Waals surface area contributed by atoms with E-state index >= 15 is 0 Å². The van der Waals surface area contributed by atoms with E-state index in [-0.39, 0.29) is 11.9 Å².